The maximum absolute atomic E-state index is 12.3. The molecule has 5 heteroatoms. The number of carbonyl (C=O) groups excluding carboxylic acids is 2. The fraction of sp³-hybridized carbons (Fsp3) is 0.833. The zero-order valence-electron chi connectivity index (χ0n) is 10.6. The molecule has 17 heavy (non-hydrogen) atoms. The van der Waals surface area contributed by atoms with Gasteiger partial charge in [0, 0.05) is 0 Å². The number of hydrogen-bond donors (Lipinski definition) is 1. The molecule has 5 nitrogen and oxygen atoms in total. The van der Waals surface area contributed by atoms with Crippen LogP contribution in [0, 0.1) is 5.92 Å². The molecule has 0 aromatic carbocycles. The van der Waals surface area contributed by atoms with E-state index in [9.17, 15) is 9.59 Å². The van der Waals surface area contributed by atoms with E-state index in [0.717, 1.165) is 12.8 Å². The third-order valence-corrected chi connectivity index (χ3v) is 3.66. The Morgan fingerprint density at radius 1 is 1.47 bits per heavy atom. The fourth-order valence-corrected chi connectivity index (χ4v) is 2.75. The first-order valence-electron chi connectivity index (χ1n) is 6.22. The summed E-state index contributed by atoms with van der Waals surface area (Å²) in [7, 11) is 1.37. The van der Waals surface area contributed by atoms with Crippen LogP contribution in [0.25, 0.3) is 0 Å². The van der Waals surface area contributed by atoms with E-state index in [-0.39, 0.29) is 30.0 Å². The zero-order valence-corrected chi connectivity index (χ0v) is 10.6. The summed E-state index contributed by atoms with van der Waals surface area (Å²) in [5.74, 6) is -0.0132. The maximum Gasteiger partial charge on any atom is 0.328 e. The summed E-state index contributed by atoms with van der Waals surface area (Å²) in [5.41, 5.74) is 0. The van der Waals surface area contributed by atoms with Crippen molar-refractivity contribution in [2.45, 2.75) is 51.4 Å². The predicted octanol–water partition coefficient (Wildman–Crippen LogP) is 0.494. The third kappa shape index (κ3) is 2.04. The van der Waals surface area contributed by atoms with Crippen LogP contribution < -0.4 is 5.32 Å². The Hall–Kier alpha value is -1.10. The summed E-state index contributed by atoms with van der Waals surface area (Å²) in [6.45, 7) is 4.03. The average molecular weight is 240 g/mol. The molecule has 0 saturated carbocycles. The van der Waals surface area contributed by atoms with Crippen LogP contribution in [0.4, 0.5) is 0 Å². The van der Waals surface area contributed by atoms with Gasteiger partial charge in [0.1, 0.15) is 6.04 Å². The summed E-state index contributed by atoms with van der Waals surface area (Å²) in [6.07, 6.45) is 2.59. The van der Waals surface area contributed by atoms with Gasteiger partial charge >= 0.3 is 5.97 Å². The second-order valence-electron chi connectivity index (χ2n) is 5.12. The van der Waals surface area contributed by atoms with Crippen LogP contribution in [-0.2, 0) is 14.3 Å². The molecule has 1 amide bonds. The van der Waals surface area contributed by atoms with Gasteiger partial charge in [-0.2, -0.15) is 0 Å². The first-order valence-corrected chi connectivity index (χ1v) is 6.22. The molecular formula is C12H20N2O3. The van der Waals surface area contributed by atoms with Crippen molar-refractivity contribution >= 4 is 11.9 Å². The number of methoxy groups -OCH3 is 1. The number of amides is 1. The van der Waals surface area contributed by atoms with E-state index in [1.165, 1.54) is 7.11 Å². The maximum atomic E-state index is 12.3. The Morgan fingerprint density at radius 3 is 2.76 bits per heavy atom. The molecule has 0 bridgehead atoms. The minimum absolute atomic E-state index is 0.00718. The lowest BCUT2D eigenvalue weighted by atomic mass is 10.00. The molecule has 3 atom stereocenters. The zero-order chi connectivity index (χ0) is 12.6. The first-order chi connectivity index (χ1) is 8.06. The van der Waals surface area contributed by atoms with Crippen LogP contribution in [0.2, 0.25) is 0 Å². The van der Waals surface area contributed by atoms with E-state index < -0.39 is 6.04 Å². The average Bonchev–Trinajstić information content (AvgIpc) is 2.66. The monoisotopic (exact) mass is 240 g/mol. The topological polar surface area (TPSA) is 58.6 Å². The summed E-state index contributed by atoms with van der Waals surface area (Å²) >= 11 is 0. The van der Waals surface area contributed by atoms with E-state index in [1.54, 1.807) is 4.90 Å². The molecule has 96 valence electrons. The van der Waals surface area contributed by atoms with Gasteiger partial charge in [0.05, 0.1) is 19.3 Å². The molecule has 2 fully saturated rings. The van der Waals surface area contributed by atoms with Crippen LogP contribution in [0.5, 0.6) is 0 Å². The molecular weight excluding hydrogens is 220 g/mol. The second-order valence-corrected chi connectivity index (χ2v) is 5.12. The highest BCUT2D eigenvalue weighted by atomic mass is 16.5. The highest BCUT2D eigenvalue weighted by Crippen LogP contribution is 2.29. The fourth-order valence-electron chi connectivity index (χ4n) is 2.75. The van der Waals surface area contributed by atoms with Gasteiger partial charge in [0.2, 0.25) is 5.91 Å². The van der Waals surface area contributed by atoms with Gasteiger partial charge in [-0.1, -0.05) is 13.8 Å². The van der Waals surface area contributed by atoms with Crippen molar-refractivity contribution in [1.29, 1.82) is 0 Å². The van der Waals surface area contributed by atoms with Gasteiger partial charge < -0.3 is 9.64 Å². The Kier molecular flexibility index (Phi) is 3.38. The van der Waals surface area contributed by atoms with Crippen LogP contribution in [0.1, 0.15) is 33.1 Å². The minimum atomic E-state index is -0.400. The standard InChI is InChI=1S/C12H20N2O3/c1-7(2)10-11(15)14-8(12(16)17-3)5-4-6-9(14)13-10/h7-10,13H,4-6H2,1-3H3/t8-,9-,10-/m0/s1. The van der Waals surface area contributed by atoms with Crippen LogP contribution in [-0.4, -0.2) is 42.1 Å². The van der Waals surface area contributed by atoms with E-state index in [4.69, 9.17) is 4.74 Å². The van der Waals surface area contributed by atoms with Crippen molar-refractivity contribution in [2.24, 2.45) is 5.92 Å². The lowest BCUT2D eigenvalue weighted by Gasteiger charge is -2.35. The lowest BCUT2D eigenvalue weighted by molar-refractivity contribution is -0.154. The van der Waals surface area contributed by atoms with Crippen molar-refractivity contribution in [3.05, 3.63) is 0 Å². The van der Waals surface area contributed by atoms with E-state index in [1.807, 2.05) is 13.8 Å². The minimum Gasteiger partial charge on any atom is -0.467 e. The molecule has 0 spiro atoms. The molecule has 0 aliphatic carbocycles. The van der Waals surface area contributed by atoms with E-state index >= 15 is 0 Å². The Morgan fingerprint density at radius 2 is 2.18 bits per heavy atom. The molecule has 2 heterocycles. The molecule has 2 saturated heterocycles. The van der Waals surface area contributed by atoms with Crippen molar-refractivity contribution in [3.63, 3.8) is 0 Å². The quantitative estimate of drug-likeness (QED) is 0.714. The second kappa shape index (κ2) is 4.64. The largest absolute Gasteiger partial charge is 0.467 e. The summed E-state index contributed by atoms with van der Waals surface area (Å²) in [4.78, 5) is 25.6. The molecule has 0 radical (unpaired) electrons. The van der Waals surface area contributed by atoms with Crippen molar-refractivity contribution in [1.82, 2.24) is 10.2 Å². The van der Waals surface area contributed by atoms with Crippen molar-refractivity contribution in [2.75, 3.05) is 7.11 Å². The van der Waals surface area contributed by atoms with Gasteiger partial charge in [-0.3, -0.25) is 10.1 Å². The van der Waals surface area contributed by atoms with Crippen molar-refractivity contribution in [3.8, 4) is 0 Å². The van der Waals surface area contributed by atoms with Crippen LogP contribution in [0.15, 0.2) is 0 Å². The number of nitrogens with one attached hydrogen (secondary N) is 1. The lowest BCUT2D eigenvalue weighted by Crippen LogP contribution is -2.51. The molecule has 0 unspecified atom stereocenters. The summed E-state index contributed by atoms with van der Waals surface area (Å²) in [5, 5.41) is 3.32. The predicted molar refractivity (Wildman–Crippen MR) is 62.1 cm³/mol. The molecule has 0 aromatic heterocycles. The van der Waals surface area contributed by atoms with Crippen LogP contribution in [0.3, 0.4) is 0 Å². The number of rotatable bonds is 2. The van der Waals surface area contributed by atoms with Crippen LogP contribution >= 0.6 is 0 Å². The van der Waals surface area contributed by atoms with Gasteiger partial charge in [-0.15, -0.1) is 0 Å². The van der Waals surface area contributed by atoms with Gasteiger partial charge in [-0.05, 0) is 25.2 Å². The Bertz CT molecular complexity index is 330. The molecule has 2 aliphatic rings. The number of ether oxygens (including phenoxy) is 1. The van der Waals surface area contributed by atoms with Gasteiger partial charge in [0.15, 0.2) is 0 Å². The molecule has 2 aliphatic heterocycles. The first kappa shape index (κ1) is 12.4. The highest BCUT2D eigenvalue weighted by Gasteiger charge is 2.47. The van der Waals surface area contributed by atoms with E-state index in [0.29, 0.717) is 6.42 Å². The summed E-state index contributed by atoms with van der Waals surface area (Å²) in [6, 6.07) is -0.562. The number of piperidine rings is 1. The Labute approximate surface area is 101 Å². The molecule has 1 N–H and O–H groups in total. The Balaban J connectivity index is 2.19. The number of hydrogen-bond acceptors (Lipinski definition) is 4. The number of carbonyl (C=O) groups is 2. The number of esters is 1. The van der Waals surface area contributed by atoms with E-state index in [2.05, 4.69) is 5.32 Å². The highest BCUT2D eigenvalue weighted by molar-refractivity contribution is 5.90. The SMILES string of the molecule is COC(=O)[C@@H]1CCC[C@H]2N[C@@H](C(C)C)C(=O)N21. The molecule has 0 aromatic rings. The molecule has 2 rings (SSSR count). The normalized spacial score (nSPS) is 32.8. The number of fused-ring (bicyclic) bond motifs is 1. The third-order valence-electron chi connectivity index (χ3n) is 3.66. The van der Waals surface area contributed by atoms with Crippen molar-refractivity contribution < 1.29 is 14.3 Å². The number of nitrogens with zero attached hydrogens (tertiary/aromatic N) is 1. The van der Waals surface area contributed by atoms with Gasteiger partial charge in [-0.25, -0.2) is 4.79 Å². The summed E-state index contributed by atoms with van der Waals surface area (Å²) < 4.78 is 4.78. The smallest absolute Gasteiger partial charge is 0.328 e. The van der Waals surface area contributed by atoms with Gasteiger partial charge in [0.25, 0.3) is 0 Å².